The molecule has 0 spiro atoms. The normalized spacial score (nSPS) is 12.0. The van der Waals surface area contributed by atoms with Gasteiger partial charge in [0.25, 0.3) is 5.56 Å². The van der Waals surface area contributed by atoms with Gasteiger partial charge in [0, 0.05) is 10.7 Å². The number of esters is 1. The van der Waals surface area contributed by atoms with Crippen LogP contribution in [0.1, 0.15) is 47.1 Å². The van der Waals surface area contributed by atoms with Crippen molar-refractivity contribution >= 4 is 50.7 Å². The van der Waals surface area contributed by atoms with Gasteiger partial charge in [-0.15, -0.1) is 11.3 Å². The minimum absolute atomic E-state index is 0.241. The number of nitrogens with one attached hydrogen (secondary N) is 1. The first-order valence-electron chi connectivity index (χ1n) is 9.52. The highest BCUT2D eigenvalue weighted by Gasteiger charge is 2.25. The minimum Gasteiger partial charge on any atom is -0.462 e. The van der Waals surface area contributed by atoms with Gasteiger partial charge < -0.3 is 10.1 Å². The van der Waals surface area contributed by atoms with Gasteiger partial charge in [-0.2, -0.15) is 0 Å². The molecule has 0 fully saturated rings. The second kappa shape index (κ2) is 8.97. The summed E-state index contributed by atoms with van der Waals surface area (Å²) in [5.74, 6) is -0.824. The maximum absolute atomic E-state index is 13.2. The third-order valence-electron chi connectivity index (χ3n) is 4.82. The number of halogens is 1. The number of carbonyl (C=O) groups is 2. The Morgan fingerprint density at radius 3 is 2.70 bits per heavy atom. The topological polar surface area (TPSA) is 90.3 Å². The first-order chi connectivity index (χ1) is 14.3. The molecular formula is C21H22ClN3O4S. The van der Waals surface area contributed by atoms with Gasteiger partial charge in [-0.3, -0.25) is 14.2 Å². The highest BCUT2D eigenvalue weighted by Crippen LogP contribution is 2.28. The largest absolute Gasteiger partial charge is 0.462 e. The Bertz CT molecular complexity index is 1180. The maximum Gasteiger partial charge on any atom is 0.348 e. The van der Waals surface area contributed by atoms with Crippen LogP contribution < -0.4 is 10.9 Å². The van der Waals surface area contributed by atoms with Crippen molar-refractivity contribution in [1.82, 2.24) is 9.55 Å². The second-order valence-corrected chi connectivity index (χ2v) is 8.22. The lowest BCUT2D eigenvalue weighted by Gasteiger charge is -2.18. The molecule has 0 aliphatic rings. The molecule has 7 nitrogen and oxygen atoms in total. The molecule has 0 radical (unpaired) electrons. The van der Waals surface area contributed by atoms with E-state index in [9.17, 15) is 14.4 Å². The number of benzene rings is 1. The summed E-state index contributed by atoms with van der Waals surface area (Å²) < 4.78 is 6.37. The van der Waals surface area contributed by atoms with E-state index in [-0.39, 0.29) is 18.1 Å². The molecular weight excluding hydrogens is 426 g/mol. The number of anilines is 1. The van der Waals surface area contributed by atoms with E-state index in [4.69, 9.17) is 16.3 Å². The summed E-state index contributed by atoms with van der Waals surface area (Å²) in [6.45, 7) is 7.33. The quantitative estimate of drug-likeness (QED) is 0.562. The van der Waals surface area contributed by atoms with Crippen LogP contribution in [-0.4, -0.2) is 28.0 Å². The number of aromatic nitrogens is 2. The molecule has 30 heavy (non-hydrogen) atoms. The molecule has 1 amide bonds. The first-order valence-corrected chi connectivity index (χ1v) is 10.7. The van der Waals surface area contributed by atoms with Crippen molar-refractivity contribution in [3.8, 4) is 0 Å². The van der Waals surface area contributed by atoms with E-state index in [1.165, 1.54) is 10.9 Å². The number of aryl methyl sites for hydroxylation is 2. The van der Waals surface area contributed by atoms with E-state index in [2.05, 4.69) is 10.3 Å². The second-order valence-electron chi connectivity index (χ2n) is 6.79. The number of rotatable bonds is 6. The molecule has 0 saturated carbocycles. The van der Waals surface area contributed by atoms with Crippen molar-refractivity contribution in [2.24, 2.45) is 0 Å². The monoisotopic (exact) mass is 447 g/mol. The average molecular weight is 448 g/mol. The fraction of sp³-hybridized carbons (Fsp3) is 0.333. The number of nitrogens with zero attached hydrogens (tertiary/aromatic N) is 2. The van der Waals surface area contributed by atoms with E-state index in [1.807, 2.05) is 19.9 Å². The smallest absolute Gasteiger partial charge is 0.348 e. The van der Waals surface area contributed by atoms with E-state index >= 15 is 0 Å². The molecule has 9 heteroatoms. The third kappa shape index (κ3) is 4.11. The van der Waals surface area contributed by atoms with E-state index in [0.717, 1.165) is 16.9 Å². The fourth-order valence-corrected chi connectivity index (χ4v) is 4.41. The third-order valence-corrected chi connectivity index (χ3v) is 6.23. The van der Waals surface area contributed by atoms with Crippen LogP contribution in [0.2, 0.25) is 5.02 Å². The van der Waals surface area contributed by atoms with Gasteiger partial charge in [-0.05, 0) is 50.5 Å². The molecule has 2 heterocycles. The Morgan fingerprint density at radius 2 is 2.03 bits per heavy atom. The zero-order valence-electron chi connectivity index (χ0n) is 17.1. The molecule has 0 aliphatic carbocycles. The number of carbonyl (C=O) groups excluding carboxylic acids is 2. The highest BCUT2D eigenvalue weighted by atomic mass is 35.5. The summed E-state index contributed by atoms with van der Waals surface area (Å²) in [6.07, 6.45) is 1.74. The molecule has 1 N–H and O–H groups in total. The predicted octanol–water partition coefficient (Wildman–Crippen LogP) is 4.49. The molecule has 0 bridgehead atoms. The lowest BCUT2D eigenvalue weighted by molar-refractivity contribution is -0.119. The molecule has 3 rings (SSSR count). The van der Waals surface area contributed by atoms with Crippen molar-refractivity contribution in [3.05, 3.63) is 55.9 Å². The Balaban J connectivity index is 2.01. The Kier molecular flexibility index (Phi) is 6.58. The van der Waals surface area contributed by atoms with Gasteiger partial charge >= 0.3 is 5.97 Å². The van der Waals surface area contributed by atoms with Crippen LogP contribution in [0.4, 0.5) is 5.69 Å². The first kappa shape index (κ1) is 22.0. The zero-order chi connectivity index (χ0) is 22.0. The molecule has 3 aromatic rings. The Morgan fingerprint density at radius 1 is 1.30 bits per heavy atom. The van der Waals surface area contributed by atoms with E-state index in [1.54, 1.807) is 26.0 Å². The van der Waals surface area contributed by atoms with E-state index < -0.39 is 12.0 Å². The lowest BCUT2D eigenvalue weighted by atomic mass is 10.1. The molecule has 2 aromatic heterocycles. The fourth-order valence-electron chi connectivity index (χ4n) is 3.20. The number of hydrogen-bond donors (Lipinski definition) is 1. The van der Waals surface area contributed by atoms with Gasteiger partial charge in [0.05, 0.1) is 18.3 Å². The number of amides is 1. The summed E-state index contributed by atoms with van der Waals surface area (Å²) in [5, 5.41) is 3.68. The minimum atomic E-state index is -0.766. The number of thiophene rings is 1. The van der Waals surface area contributed by atoms with Gasteiger partial charge in [-0.1, -0.05) is 24.6 Å². The summed E-state index contributed by atoms with van der Waals surface area (Å²) in [6, 6.07) is 4.45. The SMILES string of the molecule is CCOC(=O)c1sc2ncn(C(CC)C(=O)Nc3cc(Cl)ccc3C)c(=O)c2c1C. The van der Waals surface area contributed by atoms with Crippen LogP contribution in [0.3, 0.4) is 0 Å². The number of fused-ring (bicyclic) bond motifs is 1. The van der Waals surface area contributed by atoms with Crippen molar-refractivity contribution in [2.75, 3.05) is 11.9 Å². The molecule has 1 atom stereocenters. The van der Waals surface area contributed by atoms with Crippen molar-refractivity contribution in [2.45, 2.75) is 40.2 Å². The number of hydrogen-bond acceptors (Lipinski definition) is 6. The highest BCUT2D eigenvalue weighted by molar-refractivity contribution is 7.20. The predicted molar refractivity (Wildman–Crippen MR) is 119 cm³/mol. The molecule has 158 valence electrons. The Labute approximate surface area is 182 Å². The van der Waals surface area contributed by atoms with Crippen LogP contribution in [-0.2, 0) is 9.53 Å². The van der Waals surface area contributed by atoms with Crippen LogP contribution in [0.25, 0.3) is 10.2 Å². The van der Waals surface area contributed by atoms with Crippen LogP contribution in [0, 0.1) is 13.8 Å². The molecule has 0 saturated heterocycles. The summed E-state index contributed by atoms with van der Waals surface area (Å²) in [4.78, 5) is 43.5. The van der Waals surface area contributed by atoms with Crippen molar-refractivity contribution in [3.63, 3.8) is 0 Å². The van der Waals surface area contributed by atoms with Crippen LogP contribution >= 0.6 is 22.9 Å². The van der Waals surface area contributed by atoms with Crippen LogP contribution in [0.15, 0.2) is 29.3 Å². The van der Waals surface area contributed by atoms with Crippen molar-refractivity contribution in [1.29, 1.82) is 0 Å². The van der Waals surface area contributed by atoms with Gasteiger partial charge in [0.1, 0.15) is 15.7 Å². The van der Waals surface area contributed by atoms with Gasteiger partial charge in [-0.25, -0.2) is 9.78 Å². The molecule has 1 unspecified atom stereocenters. The van der Waals surface area contributed by atoms with Gasteiger partial charge in [0.2, 0.25) is 5.91 Å². The molecule has 1 aromatic carbocycles. The summed E-state index contributed by atoms with van der Waals surface area (Å²) in [7, 11) is 0. The van der Waals surface area contributed by atoms with Crippen LogP contribution in [0.5, 0.6) is 0 Å². The summed E-state index contributed by atoms with van der Waals surface area (Å²) in [5.41, 5.74) is 1.59. The van der Waals surface area contributed by atoms with Crippen molar-refractivity contribution < 1.29 is 14.3 Å². The zero-order valence-corrected chi connectivity index (χ0v) is 18.7. The standard InChI is InChI=1S/C21H22ClN3O4S/c1-5-15(18(26)24-14-9-13(22)8-7-11(14)3)25-10-23-19-16(20(25)27)12(4)17(30-19)21(28)29-6-2/h7-10,15H,5-6H2,1-4H3,(H,24,26). The Hall–Kier alpha value is -2.71. The molecule has 0 aliphatic heterocycles. The lowest BCUT2D eigenvalue weighted by Crippen LogP contribution is -2.33. The average Bonchev–Trinajstić information content (AvgIpc) is 3.04. The maximum atomic E-state index is 13.2. The number of ether oxygens (including phenoxy) is 1. The summed E-state index contributed by atoms with van der Waals surface area (Å²) >= 11 is 7.15. The van der Waals surface area contributed by atoms with E-state index in [0.29, 0.717) is 37.8 Å². The van der Waals surface area contributed by atoms with Gasteiger partial charge in [0.15, 0.2) is 0 Å².